The van der Waals surface area contributed by atoms with Crippen molar-refractivity contribution in [1.82, 2.24) is 0 Å². The molecule has 1 aliphatic rings. The predicted molar refractivity (Wildman–Crippen MR) is 34.2 cm³/mol. The number of aliphatic hydroxyl groups excluding tert-OH is 1. The average Bonchev–Trinajstić information content (AvgIpc) is 2.30. The van der Waals surface area contributed by atoms with E-state index in [1.54, 1.807) is 0 Å². The van der Waals surface area contributed by atoms with Crippen LogP contribution in [0.25, 0.3) is 0 Å². The van der Waals surface area contributed by atoms with Gasteiger partial charge in [0.1, 0.15) is 6.10 Å². The third-order valence-corrected chi connectivity index (χ3v) is 1.34. The largest absolute Gasteiger partial charge is 0.478 e. The zero-order valence-electron chi connectivity index (χ0n) is 5.80. The second kappa shape index (κ2) is 2.82. The molecule has 0 aromatic carbocycles. The molecule has 0 bridgehead atoms. The first kappa shape index (κ1) is 8.54. The normalized spacial score (nSPS) is 27.6. The monoisotopic (exact) mass is 174 g/mol. The zero-order valence-corrected chi connectivity index (χ0v) is 5.80. The summed E-state index contributed by atoms with van der Waals surface area (Å²) in [6.45, 7) is 0. The quantitative estimate of drug-likeness (QED) is 0.485. The minimum atomic E-state index is -1.50. The Bertz CT molecular complexity index is 255. The smallest absolute Gasteiger partial charge is 0.370 e. The molecule has 3 N–H and O–H groups in total. The zero-order chi connectivity index (χ0) is 9.30. The topological polar surface area (TPSA) is 104 Å². The van der Waals surface area contributed by atoms with E-state index in [9.17, 15) is 9.59 Å². The summed E-state index contributed by atoms with van der Waals surface area (Å²) in [6.07, 6.45) is -2.05. The molecular weight excluding hydrogens is 168 g/mol. The van der Waals surface area contributed by atoms with E-state index in [-0.39, 0.29) is 0 Å². The van der Waals surface area contributed by atoms with Gasteiger partial charge >= 0.3 is 11.9 Å². The summed E-state index contributed by atoms with van der Waals surface area (Å²) in [5.41, 5.74) is 0. The maximum Gasteiger partial charge on any atom is 0.370 e. The fraction of sp³-hybridized carbons (Fsp3) is 0.333. The Kier molecular flexibility index (Phi) is 2.01. The van der Waals surface area contributed by atoms with Crippen molar-refractivity contribution in [3.63, 3.8) is 0 Å². The van der Waals surface area contributed by atoms with Crippen LogP contribution in [0, 0.1) is 0 Å². The highest BCUT2D eigenvalue weighted by molar-refractivity contribution is 5.87. The predicted octanol–water partition coefficient (Wildman–Crippen LogP) is -1.20. The number of carboxylic acid groups (broad SMARTS) is 2. The number of rotatable bonds is 2. The van der Waals surface area contributed by atoms with E-state index >= 15 is 0 Å². The van der Waals surface area contributed by atoms with Crippen molar-refractivity contribution in [2.75, 3.05) is 0 Å². The van der Waals surface area contributed by atoms with Gasteiger partial charge in [-0.1, -0.05) is 0 Å². The highest BCUT2D eigenvalue weighted by Crippen LogP contribution is 2.17. The molecule has 0 spiro atoms. The van der Waals surface area contributed by atoms with Crippen molar-refractivity contribution in [2.45, 2.75) is 12.2 Å². The molecule has 12 heavy (non-hydrogen) atoms. The van der Waals surface area contributed by atoms with E-state index < -0.39 is 29.9 Å². The molecule has 0 fully saturated rings. The van der Waals surface area contributed by atoms with Gasteiger partial charge in [-0.3, -0.25) is 0 Å². The van der Waals surface area contributed by atoms with Crippen LogP contribution in [0.4, 0.5) is 0 Å². The maximum atomic E-state index is 10.3. The highest BCUT2D eigenvalue weighted by atomic mass is 16.6. The molecule has 0 aromatic rings. The maximum absolute atomic E-state index is 10.3. The Hall–Kier alpha value is -1.56. The Balaban J connectivity index is 2.73. The van der Waals surface area contributed by atoms with Crippen LogP contribution in [0.2, 0.25) is 0 Å². The molecule has 1 aliphatic heterocycles. The van der Waals surface area contributed by atoms with Crippen LogP contribution in [0.15, 0.2) is 11.8 Å². The van der Waals surface area contributed by atoms with Crippen molar-refractivity contribution < 1.29 is 29.6 Å². The summed E-state index contributed by atoms with van der Waals surface area (Å²) >= 11 is 0. The van der Waals surface area contributed by atoms with Gasteiger partial charge in [0.2, 0.25) is 11.9 Å². The third-order valence-electron chi connectivity index (χ3n) is 1.34. The van der Waals surface area contributed by atoms with Gasteiger partial charge in [0.25, 0.3) is 0 Å². The molecule has 0 aliphatic carbocycles. The number of aliphatic carboxylic acids is 2. The molecule has 2 unspecified atom stereocenters. The number of aliphatic hydroxyl groups is 1. The van der Waals surface area contributed by atoms with E-state index in [1.165, 1.54) is 0 Å². The molecule has 1 rings (SSSR count). The van der Waals surface area contributed by atoms with Crippen molar-refractivity contribution in [1.29, 1.82) is 0 Å². The van der Waals surface area contributed by atoms with Gasteiger partial charge in [-0.2, -0.15) is 0 Å². The van der Waals surface area contributed by atoms with Crippen molar-refractivity contribution in [3.05, 3.63) is 11.8 Å². The van der Waals surface area contributed by atoms with Crippen LogP contribution in [-0.4, -0.2) is 39.5 Å². The number of carbonyl (C=O) groups is 2. The summed E-state index contributed by atoms with van der Waals surface area (Å²) in [5, 5.41) is 25.6. The minimum absolute atomic E-state index is 0.532. The van der Waals surface area contributed by atoms with Gasteiger partial charge in [-0.05, 0) is 6.08 Å². The van der Waals surface area contributed by atoms with Crippen LogP contribution in [-0.2, 0) is 14.3 Å². The number of hydrogen-bond acceptors (Lipinski definition) is 4. The first-order valence-electron chi connectivity index (χ1n) is 3.05. The van der Waals surface area contributed by atoms with Gasteiger partial charge < -0.3 is 20.1 Å². The summed E-state index contributed by atoms with van der Waals surface area (Å²) in [6, 6.07) is 0. The molecule has 0 radical (unpaired) electrons. The van der Waals surface area contributed by atoms with Crippen LogP contribution in [0.3, 0.4) is 0 Å². The Morgan fingerprint density at radius 1 is 1.42 bits per heavy atom. The Morgan fingerprint density at radius 3 is 2.25 bits per heavy atom. The van der Waals surface area contributed by atoms with Gasteiger partial charge in [0, 0.05) is 0 Å². The van der Waals surface area contributed by atoms with Gasteiger partial charge in [0.15, 0.2) is 0 Å². The molecule has 2 atom stereocenters. The number of hydrogen-bond donors (Lipinski definition) is 3. The second-order valence-electron chi connectivity index (χ2n) is 2.20. The molecule has 1 heterocycles. The number of carboxylic acids is 2. The standard InChI is InChI=1S/C6H6O6/c7-2-1-3(5(8)9)12-4(2)6(10)11/h1-2,4,7H,(H,8,9)(H,10,11). The van der Waals surface area contributed by atoms with Crippen LogP contribution < -0.4 is 0 Å². The molecule has 0 saturated heterocycles. The van der Waals surface area contributed by atoms with Crippen molar-refractivity contribution >= 4 is 11.9 Å². The summed E-state index contributed by atoms with van der Waals surface area (Å²) in [7, 11) is 0. The second-order valence-corrected chi connectivity index (χ2v) is 2.20. The molecule has 6 heteroatoms. The molecule has 0 saturated carbocycles. The lowest BCUT2D eigenvalue weighted by atomic mass is 10.2. The Morgan fingerprint density at radius 2 is 2.00 bits per heavy atom. The van der Waals surface area contributed by atoms with E-state index in [0.29, 0.717) is 0 Å². The molecular formula is C6H6O6. The van der Waals surface area contributed by atoms with Crippen molar-refractivity contribution in [3.8, 4) is 0 Å². The summed E-state index contributed by atoms with van der Waals surface area (Å²) in [4.78, 5) is 20.5. The van der Waals surface area contributed by atoms with Crippen LogP contribution >= 0.6 is 0 Å². The fourth-order valence-corrected chi connectivity index (χ4v) is 0.806. The summed E-state index contributed by atoms with van der Waals surface area (Å²) < 4.78 is 4.41. The van der Waals surface area contributed by atoms with E-state index in [4.69, 9.17) is 15.3 Å². The lowest BCUT2D eigenvalue weighted by Crippen LogP contribution is -2.30. The first-order valence-corrected chi connectivity index (χ1v) is 3.05. The number of ether oxygens (including phenoxy) is 1. The van der Waals surface area contributed by atoms with Gasteiger partial charge in [-0.25, -0.2) is 9.59 Å². The average molecular weight is 174 g/mol. The summed E-state index contributed by atoms with van der Waals surface area (Å²) in [5.74, 6) is -3.32. The van der Waals surface area contributed by atoms with Crippen LogP contribution in [0.1, 0.15) is 0 Å². The highest BCUT2D eigenvalue weighted by Gasteiger charge is 2.36. The van der Waals surface area contributed by atoms with Gasteiger partial charge in [0.05, 0.1) is 0 Å². The molecule has 6 nitrogen and oxygen atoms in total. The Labute approximate surface area is 66.7 Å². The minimum Gasteiger partial charge on any atom is -0.478 e. The SMILES string of the molecule is O=C(O)C1=CC(O)C(C(=O)O)O1. The van der Waals surface area contributed by atoms with E-state index in [1.807, 2.05) is 0 Å². The third kappa shape index (κ3) is 1.37. The molecule has 0 amide bonds. The van der Waals surface area contributed by atoms with Crippen molar-refractivity contribution in [2.24, 2.45) is 0 Å². The lowest BCUT2D eigenvalue weighted by molar-refractivity contribution is -0.152. The first-order chi connectivity index (χ1) is 5.52. The van der Waals surface area contributed by atoms with E-state index in [2.05, 4.69) is 4.74 Å². The lowest BCUT2D eigenvalue weighted by Gasteiger charge is -2.08. The van der Waals surface area contributed by atoms with E-state index in [0.717, 1.165) is 6.08 Å². The molecule has 0 aromatic heterocycles. The molecule has 66 valence electrons. The van der Waals surface area contributed by atoms with Gasteiger partial charge in [-0.15, -0.1) is 0 Å². The van der Waals surface area contributed by atoms with Crippen LogP contribution in [0.5, 0.6) is 0 Å². The fourth-order valence-electron chi connectivity index (χ4n) is 0.806.